The second-order valence-corrected chi connectivity index (χ2v) is 7.55. The molecule has 0 unspecified atom stereocenters. The summed E-state index contributed by atoms with van der Waals surface area (Å²) in [5, 5.41) is 6.07. The van der Waals surface area contributed by atoms with Crippen molar-refractivity contribution >= 4 is 45.6 Å². The smallest absolute Gasteiger partial charge is 0.387 e. The van der Waals surface area contributed by atoms with Gasteiger partial charge in [-0.25, -0.2) is 8.42 Å². The molecular formula is C18H23F2IN4O3S. The van der Waals surface area contributed by atoms with Gasteiger partial charge in [-0.2, -0.15) is 8.78 Å². The summed E-state index contributed by atoms with van der Waals surface area (Å²) < 4.78 is 54.9. The Morgan fingerprint density at radius 3 is 2.17 bits per heavy atom. The molecule has 0 bridgehead atoms. The number of hydrogen-bond donors (Lipinski definition) is 3. The maximum atomic E-state index is 12.5. The number of anilines is 1. The Morgan fingerprint density at radius 2 is 1.59 bits per heavy atom. The molecule has 0 aliphatic rings. The summed E-state index contributed by atoms with van der Waals surface area (Å²) in [7, 11) is -1.84. The lowest BCUT2D eigenvalue weighted by molar-refractivity contribution is -0.0504. The summed E-state index contributed by atoms with van der Waals surface area (Å²) in [5.41, 5.74) is 1.73. The molecule has 0 aliphatic carbocycles. The van der Waals surface area contributed by atoms with Gasteiger partial charge in [-0.15, -0.1) is 24.0 Å². The zero-order valence-electron chi connectivity index (χ0n) is 15.9. The summed E-state index contributed by atoms with van der Waals surface area (Å²) in [5.74, 6) is 0.504. The maximum absolute atomic E-state index is 12.5. The van der Waals surface area contributed by atoms with Crippen molar-refractivity contribution in [2.45, 2.75) is 19.7 Å². The zero-order chi connectivity index (χ0) is 20.6. The van der Waals surface area contributed by atoms with Crippen LogP contribution in [0.4, 0.5) is 14.5 Å². The van der Waals surface area contributed by atoms with Crippen LogP contribution in [-0.2, 0) is 23.1 Å². The Labute approximate surface area is 186 Å². The van der Waals surface area contributed by atoms with Crippen molar-refractivity contribution in [3.63, 3.8) is 0 Å². The molecule has 160 valence electrons. The number of ether oxygens (including phenoxy) is 1. The lowest BCUT2D eigenvalue weighted by Crippen LogP contribution is -2.36. The first-order valence-corrected chi connectivity index (χ1v) is 10.2. The predicted octanol–water partition coefficient (Wildman–Crippen LogP) is 3.14. The molecule has 0 fully saturated rings. The highest BCUT2D eigenvalue weighted by Crippen LogP contribution is 2.20. The summed E-state index contributed by atoms with van der Waals surface area (Å²) in [6, 6.07) is 13.4. The van der Waals surface area contributed by atoms with E-state index in [2.05, 4.69) is 25.1 Å². The number of aliphatic imine (C=N–C) groups is 1. The number of nitrogens with zero attached hydrogens (tertiary/aromatic N) is 1. The topological polar surface area (TPSA) is 91.8 Å². The summed E-state index contributed by atoms with van der Waals surface area (Å²) in [6.45, 7) is -2.39. The molecule has 29 heavy (non-hydrogen) atoms. The van der Waals surface area contributed by atoms with Gasteiger partial charge in [0.25, 0.3) is 0 Å². The fourth-order valence-corrected chi connectivity index (χ4v) is 3.01. The fraction of sp³-hybridized carbons (Fsp3) is 0.278. The number of halogens is 3. The molecule has 0 radical (unpaired) electrons. The van der Waals surface area contributed by atoms with Crippen LogP contribution in [0.3, 0.4) is 0 Å². The maximum Gasteiger partial charge on any atom is 0.387 e. The first-order chi connectivity index (χ1) is 13.3. The lowest BCUT2D eigenvalue weighted by Gasteiger charge is -2.16. The molecule has 0 aliphatic heterocycles. The molecule has 0 heterocycles. The molecule has 3 N–H and O–H groups in total. The van der Waals surface area contributed by atoms with Crippen molar-refractivity contribution in [3.8, 4) is 5.75 Å². The molecule has 2 aromatic carbocycles. The van der Waals surface area contributed by atoms with Crippen molar-refractivity contribution in [1.29, 1.82) is 0 Å². The van der Waals surface area contributed by atoms with E-state index in [1.165, 1.54) is 6.07 Å². The van der Waals surface area contributed by atoms with Crippen molar-refractivity contribution in [2.24, 2.45) is 4.99 Å². The van der Waals surface area contributed by atoms with Gasteiger partial charge < -0.3 is 15.4 Å². The molecule has 7 nitrogen and oxygen atoms in total. The monoisotopic (exact) mass is 540 g/mol. The highest BCUT2D eigenvalue weighted by Gasteiger charge is 2.10. The van der Waals surface area contributed by atoms with E-state index in [-0.39, 0.29) is 36.3 Å². The number of guanidine groups is 1. The second kappa shape index (κ2) is 11.8. The zero-order valence-corrected chi connectivity index (χ0v) is 19.0. The van der Waals surface area contributed by atoms with Crippen LogP contribution in [0.5, 0.6) is 5.75 Å². The molecule has 2 rings (SSSR count). The number of benzene rings is 2. The van der Waals surface area contributed by atoms with E-state index in [1.54, 1.807) is 49.5 Å². The van der Waals surface area contributed by atoms with Crippen LogP contribution < -0.4 is 20.1 Å². The third kappa shape index (κ3) is 8.81. The van der Waals surface area contributed by atoms with Gasteiger partial charge in [0, 0.05) is 25.7 Å². The molecule has 0 aromatic heterocycles. The van der Waals surface area contributed by atoms with E-state index < -0.39 is 16.6 Å². The number of para-hydroxylation sites is 2. The molecule has 0 saturated heterocycles. The van der Waals surface area contributed by atoms with Crippen LogP contribution >= 0.6 is 24.0 Å². The van der Waals surface area contributed by atoms with Crippen molar-refractivity contribution in [2.75, 3.05) is 18.0 Å². The van der Waals surface area contributed by atoms with Gasteiger partial charge in [-0.1, -0.05) is 36.4 Å². The SMILES string of the molecule is CN=C(NCc1ccccc1NS(C)(=O)=O)NCc1ccccc1OC(F)F.I. The molecule has 0 atom stereocenters. The van der Waals surface area contributed by atoms with Crippen LogP contribution in [0.1, 0.15) is 11.1 Å². The average Bonchev–Trinajstić information content (AvgIpc) is 2.62. The third-order valence-corrected chi connectivity index (χ3v) is 4.21. The van der Waals surface area contributed by atoms with Gasteiger partial charge in [0.1, 0.15) is 5.75 Å². The predicted molar refractivity (Wildman–Crippen MR) is 120 cm³/mol. The van der Waals surface area contributed by atoms with Crippen molar-refractivity contribution in [3.05, 3.63) is 59.7 Å². The van der Waals surface area contributed by atoms with E-state index in [1.807, 2.05) is 0 Å². The lowest BCUT2D eigenvalue weighted by atomic mass is 10.2. The van der Waals surface area contributed by atoms with Crippen molar-refractivity contribution in [1.82, 2.24) is 10.6 Å². The summed E-state index contributed by atoms with van der Waals surface area (Å²) >= 11 is 0. The first kappa shape index (κ1) is 24.9. The normalized spacial score (nSPS) is 11.6. The van der Waals surface area contributed by atoms with Crippen LogP contribution in [0.2, 0.25) is 0 Å². The quantitative estimate of drug-likeness (QED) is 0.272. The molecule has 11 heteroatoms. The van der Waals surface area contributed by atoms with Gasteiger partial charge in [0.05, 0.1) is 11.9 Å². The van der Waals surface area contributed by atoms with E-state index in [0.717, 1.165) is 11.8 Å². The van der Waals surface area contributed by atoms with E-state index in [9.17, 15) is 17.2 Å². The highest BCUT2D eigenvalue weighted by atomic mass is 127. The first-order valence-electron chi connectivity index (χ1n) is 8.31. The average molecular weight is 540 g/mol. The van der Waals surface area contributed by atoms with Crippen LogP contribution in [0.15, 0.2) is 53.5 Å². The van der Waals surface area contributed by atoms with Gasteiger partial charge in [-0.05, 0) is 17.7 Å². The van der Waals surface area contributed by atoms with Gasteiger partial charge >= 0.3 is 6.61 Å². The number of nitrogens with one attached hydrogen (secondary N) is 3. The van der Waals surface area contributed by atoms with Crippen LogP contribution in [-0.4, -0.2) is 34.3 Å². The minimum Gasteiger partial charge on any atom is -0.434 e. The van der Waals surface area contributed by atoms with Gasteiger partial charge in [0.2, 0.25) is 10.0 Å². The van der Waals surface area contributed by atoms with Crippen LogP contribution in [0, 0.1) is 0 Å². The second-order valence-electron chi connectivity index (χ2n) is 5.80. The number of alkyl halides is 2. The number of sulfonamides is 1. The molecule has 2 aromatic rings. The number of hydrogen-bond acceptors (Lipinski definition) is 4. The molecule has 0 spiro atoms. The largest absolute Gasteiger partial charge is 0.434 e. The van der Waals surface area contributed by atoms with Gasteiger partial charge in [-0.3, -0.25) is 9.71 Å². The van der Waals surface area contributed by atoms with Gasteiger partial charge in [0.15, 0.2) is 5.96 Å². The standard InChI is InChI=1S/C18H22F2N4O3S.HI/c1-21-18(23-12-14-8-4-6-10-16(14)27-17(19)20)22-11-13-7-3-5-9-15(13)24-28(2,25)26;/h3-10,17,24H,11-12H2,1-2H3,(H2,21,22,23);1H. The van der Waals surface area contributed by atoms with E-state index in [4.69, 9.17) is 0 Å². The highest BCUT2D eigenvalue weighted by molar-refractivity contribution is 14.0. The van der Waals surface area contributed by atoms with E-state index >= 15 is 0 Å². The minimum atomic E-state index is -3.40. The minimum absolute atomic E-state index is 0. The molecule has 0 saturated carbocycles. The number of rotatable bonds is 8. The van der Waals surface area contributed by atoms with E-state index in [0.29, 0.717) is 23.8 Å². The third-order valence-electron chi connectivity index (χ3n) is 3.62. The Morgan fingerprint density at radius 1 is 1.03 bits per heavy atom. The Bertz CT molecular complexity index is 927. The Balaban J connectivity index is 0.00000420. The van der Waals surface area contributed by atoms with Crippen molar-refractivity contribution < 1.29 is 21.9 Å². The summed E-state index contributed by atoms with van der Waals surface area (Å²) in [4.78, 5) is 4.08. The fourth-order valence-electron chi connectivity index (χ4n) is 2.41. The Kier molecular flexibility index (Phi) is 10.1. The Hall–Kier alpha value is -2.15. The summed E-state index contributed by atoms with van der Waals surface area (Å²) in [6.07, 6.45) is 1.08. The molecular weight excluding hydrogens is 517 g/mol. The molecule has 0 amide bonds. The van der Waals surface area contributed by atoms with Crippen LogP contribution in [0.25, 0.3) is 0 Å².